The quantitative estimate of drug-likeness (QED) is 0.628. The predicted molar refractivity (Wildman–Crippen MR) is 92.4 cm³/mol. The van der Waals surface area contributed by atoms with Gasteiger partial charge < -0.3 is 14.2 Å². The van der Waals surface area contributed by atoms with Crippen molar-refractivity contribution < 1.29 is 5.11 Å². The Morgan fingerprint density at radius 3 is 2.13 bits per heavy atom. The van der Waals surface area contributed by atoms with Gasteiger partial charge in [0, 0.05) is 34.2 Å². The van der Waals surface area contributed by atoms with E-state index in [2.05, 4.69) is 45.9 Å². The van der Waals surface area contributed by atoms with Crippen molar-refractivity contribution in [3.63, 3.8) is 0 Å². The largest absolute Gasteiger partial charge is 0.389 e. The molecule has 0 aliphatic rings. The highest BCUT2D eigenvalue weighted by molar-refractivity contribution is 6.07. The highest BCUT2D eigenvalue weighted by atomic mass is 16.3. The van der Waals surface area contributed by atoms with Crippen molar-refractivity contribution in [1.29, 1.82) is 0 Å². The van der Waals surface area contributed by atoms with Crippen LogP contribution in [0.2, 0.25) is 0 Å². The SMILES string of the molecule is Cc1nccn1C[C@@H](O)Cn1c2ccccc2c2ccccc21. The van der Waals surface area contributed by atoms with Gasteiger partial charge in [-0.1, -0.05) is 36.4 Å². The highest BCUT2D eigenvalue weighted by Crippen LogP contribution is 2.28. The lowest BCUT2D eigenvalue weighted by Crippen LogP contribution is -2.22. The third-order valence-corrected chi connectivity index (χ3v) is 4.40. The number of rotatable bonds is 4. The number of aliphatic hydroxyl groups is 1. The monoisotopic (exact) mass is 305 g/mol. The molecular weight excluding hydrogens is 286 g/mol. The van der Waals surface area contributed by atoms with E-state index in [1.54, 1.807) is 6.20 Å². The molecule has 0 spiro atoms. The van der Waals surface area contributed by atoms with Crippen LogP contribution >= 0.6 is 0 Å². The summed E-state index contributed by atoms with van der Waals surface area (Å²) >= 11 is 0. The van der Waals surface area contributed by atoms with Crippen LogP contribution in [0, 0.1) is 6.92 Å². The molecule has 0 saturated carbocycles. The molecule has 0 unspecified atom stereocenters. The molecular formula is C19H19N3O. The summed E-state index contributed by atoms with van der Waals surface area (Å²) in [4.78, 5) is 4.21. The second-order valence-electron chi connectivity index (χ2n) is 5.93. The molecule has 4 nitrogen and oxygen atoms in total. The van der Waals surface area contributed by atoms with Crippen molar-refractivity contribution in [3.05, 3.63) is 66.7 Å². The molecule has 0 amide bonds. The summed E-state index contributed by atoms with van der Waals surface area (Å²) in [6.45, 7) is 3.06. The number of aryl methyl sites for hydroxylation is 1. The van der Waals surface area contributed by atoms with Crippen molar-refractivity contribution in [2.75, 3.05) is 0 Å². The summed E-state index contributed by atoms with van der Waals surface area (Å²) in [7, 11) is 0. The minimum absolute atomic E-state index is 0.470. The fourth-order valence-corrected chi connectivity index (χ4v) is 3.29. The van der Waals surface area contributed by atoms with Crippen LogP contribution in [0.1, 0.15) is 5.82 Å². The lowest BCUT2D eigenvalue weighted by molar-refractivity contribution is 0.136. The van der Waals surface area contributed by atoms with E-state index in [9.17, 15) is 5.11 Å². The average molecular weight is 305 g/mol. The summed E-state index contributed by atoms with van der Waals surface area (Å²) < 4.78 is 4.19. The number of hydrogen-bond donors (Lipinski definition) is 1. The van der Waals surface area contributed by atoms with Crippen LogP contribution in [-0.2, 0) is 13.1 Å². The summed E-state index contributed by atoms with van der Waals surface area (Å²) in [5.41, 5.74) is 2.32. The first-order chi connectivity index (χ1) is 11.2. The Morgan fingerprint density at radius 1 is 0.957 bits per heavy atom. The van der Waals surface area contributed by atoms with Gasteiger partial charge in [0.05, 0.1) is 19.2 Å². The van der Waals surface area contributed by atoms with Gasteiger partial charge in [-0.25, -0.2) is 4.98 Å². The Labute approximate surface area is 134 Å². The molecule has 0 saturated heterocycles. The average Bonchev–Trinajstić information content (AvgIpc) is 3.11. The molecule has 2 aromatic heterocycles. The van der Waals surface area contributed by atoms with E-state index in [0.717, 1.165) is 16.9 Å². The second kappa shape index (κ2) is 5.56. The van der Waals surface area contributed by atoms with Gasteiger partial charge in [0.25, 0.3) is 0 Å². The first-order valence-corrected chi connectivity index (χ1v) is 7.86. The fraction of sp³-hybridized carbons (Fsp3) is 0.211. The topological polar surface area (TPSA) is 43.0 Å². The smallest absolute Gasteiger partial charge is 0.105 e. The fourth-order valence-electron chi connectivity index (χ4n) is 3.29. The van der Waals surface area contributed by atoms with Crippen LogP contribution in [-0.4, -0.2) is 25.3 Å². The lowest BCUT2D eigenvalue weighted by atomic mass is 10.2. The Kier molecular flexibility index (Phi) is 3.39. The Morgan fingerprint density at radius 2 is 1.57 bits per heavy atom. The second-order valence-corrected chi connectivity index (χ2v) is 5.93. The predicted octanol–water partition coefficient (Wildman–Crippen LogP) is 3.36. The van der Waals surface area contributed by atoms with Crippen LogP contribution < -0.4 is 0 Å². The van der Waals surface area contributed by atoms with Crippen LogP contribution in [0.15, 0.2) is 60.9 Å². The van der Waals surface area contributed by atoms with Gasteiger partial charge in [0.15, 0.2) is 0 Å². The number of hydrogen-bond acceptors (Lipinski definition) is 2. The first-order valence-electron chi connectivity index (χ1n) is 7.86. The van der Waals surface area contributed by atoms with Gasteiger partial charge in [-0.3, -0.25) is 0 Å². The normalized spacial score (nSPS) is 13.0. The van der Waals surface area contributed by atoms with Gasteiger partial charge in [0.2, 0.25) is 0 Å². The molecule has 0 aliphatic carbocycles. The number of fused-ring (bicyclic) bond motifs is 3. The Balaban J connectivity index is 1.74. The molecule has 0 radical (unpaired) electrons. The lowest BCUT2D eigenvalue weighted by Gasteiger charge is -2.15. The molecule has 0 fully saturated rings. The molecule has 0 bridgehead atoms. The molecule has 1 atom stereocenters. The van der Waals surface area contributed by atoms with Crippen molar-refractivity contribution in [2.45, 2.75) is 26.1 Å². The van der Waals surface area contributed by atoms with Gasteiger partial charge in [-0.2, -0.15) is 0 Å². The third kappa shape index (κ3) is 2.41. The van der Waals surface area contributed by atoms with E-state index in [0.29, 0.717) is 13.1 Å². The standard InChI is InChI=1S/C19H19N3O/c1-14-20-10-11-21(14)12-15(23)13-22-18-8-4-2-6-16(18)17-7-3-5-9-19(17)22/h2-11,15,23H,12-13H2,1H3/t15-/m1/s1. The zero-order valence-electron chi connectivity index (χ0n) is 13.1. The molecule has 116 valence electrons. The Hall–Kier alpha value is -2.59. The maximum absolute atomic E-state index is 10.6. The molecule has 1 N–H and O–H groups in total. The minimum atomic E-state index is -0.470. The maximum atomic E-state index is 10.6. The van der Waals surface area contributed by atoms with Crippen molar-refractivity contribution in [1.82, 2.24) is 14.1 Å². The molecule has 23 heavy (non-hydrogen) atoms. The van der Waals surface area contributed by atoms with E-state index < -0.39 is 6.10 Å². The third-order valence-electron chi connectivity index (χ3n) is 4.40. The van der Waals surface area contributed by atoms with Gasteiger partial charge in [-0.05, 0) is 19.1 Å². The zero-order valence-corrected chi connectivity index (χ0v) is 13.1. The summed E-state index contributed by atoms with van der Waals surface area (Å²) in [6.07, 6.45) is 3.20. The number of nitrogens with zero attached hydrogens (tertiary/aromatic N) is 3. The molecule has 2 aromatic carbocycles. The summed E-state index contributed by atoms with van der Waals surface area (Å²) in [5, 5.41) is 13.0. The minimum Gasteiger partial charge on any atom is -0.389 e. The van der Waals surface area contributed by atoms with Crippen LogP contribution in [0.5, 0.6) is 0 Å². The molecule has 0 aliphatic heterocycles. The number of aliphatic hydroxyl groups excluding tert-OH is 1. The van der Waals surface area contributed by atoms with E-state index in [1.807, 2.05) is 29.8 Å². The molecule has 4 heteroatoms. The maximum Gasteiger partial charge on any atom is 0.105 e. The van der Waals surface area contributed by atoms with E-state index in [1.165, 1.54) is 10.8 Å². The number of benzene rings is 2. The highest BCUT2D eigenvalue weighted by Gasteiger charge is 2.14. The van der Waals surface area contributed by atoms with Gasteiger partial charge in [-0.15, -0.1) is 0 Å². The van der Waals surface area contributed by atoms with Crippen LogP contribution in [0.4, 0.5) is 0 Å². The number of para-hydroxylation sites is 2. The molecule has 4 rings (SSSR count). The number of aromatic nitrogens is 3. The molecule has 2 heterocycles. The van der Waals surface area contributed by atoms with Crippen LogP contribution in [0.3, 0.4) is 0 Å². The van der Waals surface area contributed by atoms with Crippen molar-refractivity contribution >= 4 is 21.8 Å². The summed E-state index contributed by atoms with van der Waals surface area (Å²) in [6, 6.07) is 16.7. The van der Waals surface area contributed by atoms with E-state index >= 15 is 0 Å². The Bertz CT molecular complexity index is 914. The van der Waals surface area contributed by atoms with E-state index in [4.69, 9.17) is 0 Å². The molecule has 4 aromatic rings. The summed E-state index contributed by atoms with van der Waals surface area (Å²) in [5.74, 6) is 0.922. The van der Waals surface area contributed by atoms with E-state index in [-0.39, 0.29) is 0 Å². The van der Waals surface area contributed by atoms with Gasteiger partial charge in [0.1, 0.15) is 5.82 Å². The first kappa shape index (κ1) is 14.0. The zero-order chi connectivity index (χ0) is 15.8. The van der Waals surface area contributed by atoms with Crippen LogP contribution in [0.25, 0.3) is 21.8 Å². The number of imidazole rings is 1. The van der Waals surface area contributed by atoms with Gasteiger partial charge >= 0.3 is 0 Å². The van der Waals surface area contributed by atoms with Crippen molar-refractivity contribution in [2.24, 2.45) is 0 Å². The van der Waals surface area contributed by atoms with Crippen molar-refractivity contribution in [3.8, 4) is 0 Å².